The molecule has 2 aliphatic heterocycles. The molecule has 5 unspecified atom stereocenters. The molecule has 138 valence electrons. The predicted octanol–water partition coefficient (Wildman–Crippen LogP) is 2.47. The normalized spacial score (nSPS) is 58.8. The van der Waals surface area contributed by atoms with Gasteiger partial charge in [-0.25, -0.2) is 0 Å². The molecule has 2 saturated heterocycles. The molecule has 0 amide bonds. The molecule has 0 aromatic rings. The first-order valence-electron chi connectivity index (χ1n) is 9.94. The number of carbonyl (C=O) groups excluding carboxylic acids is 1. The van der Waals surface area contributed by atoms with Gasteiger partial charge in [0, 0.05) is 17.3 Å². The van der Waals surface area contributed by atoms with E-state index in [0.29, 0.717) is 17.9 Å². The summed E-state index contributed by atoms with van der Waals surface area (Å²) < 4.78 is 6.43. The smallest absolute Gasteiger partial charge is 0.170 e. The molecule has 9 atom stereocenters. The third-order valence-electron chi connectivity index (χ3n) is 9.11. The predicted molar refractivity (Wildman–Crippen MR) is 92.7 cm³/mol. The Morgan fingerprint density at radius 1 is 1.20 bits per heavy atom. The minimum absolute atomic E-state index is 0.0199. The van der Waals surface area contributed by atoms with Crippen molar-refractivity contribution in [2.75, 3.05) is 0 Å². The third kappa shape index (κ3) is 1.52. The molecule has 6 aliphatic rings. The van der Waals surface area contributed by atoms with Crippen LogP contribution in [0.4, 0.5) is 0 Å². The zero-order valence-electron chi connectivity index (χ0n) is 15.5. The number of rotatable bonds is 0. The maximum absolute atomic E-state index is 13.4. The Morgan fingerprint density at radius 3 is 2.64 bits per heavy atom. The number of ketones is 1. The largest absolute Gasteiger partial charge is 0.393 e. The fraction of sp³-hybridized carbons (Fsp3) is 0.857. The van der Waals surface area contributed by atoms with Crippen molar-refractivity contribution in [2.45, 2.75) is 77.3 Å². The van der Waals surface area contributed by atoms with E-state index in [4.69, 9.17) is 4.74 Å². The van der Waals surface area contributed by atoms with Crippen molar-refractivity contribution in [3.63, 3.8) is 0 Å². The number of aliphatic hydroxyl groups excluding tert-OH is 2. The lowest BCUT2D eigenvalue weighted by atomic mass is 9.36. The summed E-state index contributed by atoms with van der Waals surface area (Å²) in [7, 11) is 0. The van der Waals surface area contributed by atoms with E-state index in [1.54, 1.807) is 0 Å². The highest BCUT2D eigenvalue weighted by Crippen LogP contribution is 2.75. The molecular weight excluding hydrogens is 316 g/mol. The second-order valence-electron chi connectivity index (χ2n) is 10.1. The Morgan fingerprint density at radius 2 is 1.92 bits per heavy atom. The SMILES string of the molecule is C=C1C(=O)C23C([C@@H](O)CC1[C@H]2O)[C@]12CCCC(C)(C)C1C[C@H]3OC2C. The van der Waals surface area contributed by atoms with Gasteiger partial charge in [0.25, 0.3) is 0 Å². The van der Waals surface area contributed by atoms with Crippen LogP contribution in [0.5, 0.6) is 0 Å². The molecule has 25 heavy (non-hydrogen) atoms. The molecule has 4 heteroatoms. The van der Waals surface area contributed by atoms with Crippen LogP contribution in [0.3, 0.4) is 0 Å². The van der Waals surface area contributed by atoms with Gasteiger partial charge in [-0.3, -0.25) is 4.79 Å². The molecular formula is C21H30O4. The van der Waals surface area contributed by atoms with Crippen LogP contribution in [0, 0.1) is 34.0 Å². The lowest BCUT2D eigenvalue weighted by Crippen LogP contribution is -2.77. The second kappa shape index (κ2) is 4.58. The third-order valence-corrected chi connectivity index (χ3v) is 9.11. The second-order valence-corrected chi connectivity index (χ2v) is 10.1. The summed E-state index contributed by atoms with van der Waals surface area (Å²) in [5, 5.41) is 22.4. The minimum Gasteiger partial charge on any atom is -0.393 e. The van der Waals surface area contributed by atoms with Crippen molar-refractivity contribution in [1.29, 1.82) is 0 Å². The Kier molecular flexibility index (Phi) is 3.01. The van der Waals surface area contributed by atoms with Gasteiger partial charge >= 0.3 is 0 Å². The van der Waals surface area contributed by atoms with Gasteiger partial charge in [-0.15, -0.1) is 0 Å². The first-order valence-corrected chi connectivity index (χ1v) is 9.94. The van der Waals surface area contributed by atoms with Gasteiger partial charge in [0.05, 0.1) is 29.8 Å². The van der Waals surface area contributed by atoms with Crippen LogP contribution in [0.15, 0.2) is 12.2 Å². The molecule has 4 nitrogen and oxygen atoms in total. The molecule has 4 saturated carbocycles. The molecule has 2 N–H and O–H groups in total. The van der Waals surface area contributed by atoms with E-state index in [9.17, 15) is 15.0 Å². The van der Waals surface area contributed by atoms with E-state index in [1.807, 2.05) is 0 Å². The number of fused-ring (bicyclic) bond motifs is 2. The van der Waals surface area contributed by atoms with Crippen LogP contribution >= 0.6 is 0 Å². The average Bonchev–Trinajstić information content (AvgIpc) is 2.65. The van der Waals surface area contributed by atoms with E-state index >= 15 is 0 Å². The van der Waals surface area contributed by atoms with Gasteiger partial charge in [-0.1, -0.05) is 26.8 Å². The first-order chi connectivity index (χ1) is 11.7. The Labute approximate surface area is 149 Å². The van der Waals surface area contributed by atoms with E-state index in [0.717, 1.165) is 19.3 Å². The summed E-state index contributed by atoms with van der Waals surface area (Å²) in [6, 6.07) is 0. The molecule has 2 heterocycles. The molecule has 0 aromatic carbocycles. The highest BCUT2D eigenvalue weighted by molar-refractivity contribution is 6.04. The van der Waals surface area contributed by atoms with Crippen LogP contribution in [-0.2, 0) is 9.53 Å². The highest BCUT2D eigenvalue weighted by atomic mass is 16.5. The summed E-state index contributed by atoms with van der Waals surface area (Å²) >= 11 is 0. The van der Waals surface area contributed by atoms with E-state index in [-0.39, 0.29) is 40.7 Å². The molecule has 0 aromatic heterocycles. The van der Waals surface area contributed by atoms with Gasteiger partial charge in [0.2, 0.25) is 0 Å². The van der Waals surface area contributed by atoms with Crippen LogP contribution < -0.4 is 0 Å². The van der Waals surface area contributed by atoms with Gasteiger partial charge in [-0.05, 0) is 49.5 Å². The number of carbonyl (C=O) groups is 1. The number of hydrogen-bond acceptors (Lipinski definition) is 4. The number of ether oxygens (including phenoxy) is 1. The quantitative estimate of drug-likeness (QED) is 0.661. The summed E-state index contributed by atoms with van der Waals surface area (Å²) in [4.78, 5) is 13.4. The monoisotopic (exact) mass is 346 g/mol. The van der Waals surface area contributed by atoms with Gasteiger partial charge < -0.3 is 14.9 Å². The number of Topliss-reactive ketones (excluding diaryl/α,β-unsaturated/α-hetero) is 1. The maximum Gasteiger partial charge on any atom is 0.170 e. The van der Waals surface area contributed by atoms with Gasteiger partial charge in [0.1, 0.15) is 0 Å². The van der Waals surface area contributed by atoms with Crippen molar-refractivity contribution >= 4 is 5.78 Å². The zero-order valence-corrected chi connectivity index (χ0v) is 15.5. The number of hydrogen-bond donors (Lipinski definition) is 2. The molecule has 4 aliphatic carbocycles. The van der Waals surface area contributed by atoms with Crippen molar-refractivity contribution in [1.82, 2.24) is 0 Å². The minimum atomic E-state index is -0.962. The standard InChI is InChI=1S/C21H30O4/c1-10-12-8-13(22)16-20-7-5-6-19(3,4)14(20)9-15(25-11(20)2)21(16,17(10)23)18(12)24/h11-16,18,22,24H,1,5-9H2,2-4H3/t11?,12?,13-,14?,15+,16?,18+,20-,21?/m0/s1. The molecule has 0 radical (unpaired) electrons. The molecule has 6 fully saturated rings. The number of aliphatic hydroxyl groups is 2. The molecule has 2 spiro atoms. The van der Waals surface area contributed by atoms with E-state index in [1.165, 1.54) is 6.42 Å². The summed E-state index contributed by atoms with van der Waals surface area (Å²) in [6.45, 7) is 10.8. The lowest BCUT2D eigenvalue weighted by molar-refractivity contribution is -0.347. The fourth-order valence-electron chi connectivity index (χ4n) is 8.28. The topological polar surface area (TPSA) is 66.8 Å². The van der Waals surface area contributed by atoms with Gasteiger partial charge in [0.15, 0.2) is 5.78 Å². The van der Waals surface area contributed by atoms with Crippen LogP contribution in [0.2, 0.25) is 0 Å². The van der Waals surface area contributed by atoms with Crippen LogP contribution in [0.1, 0.15) is 52.9 Å². The van der Waals surface area contributed by atoms with E-state index in [2.05, 4.69) is 27.4 Å². The average molecular weight is 346 g/mol. The Hall–Kier alpha value is -0.710. The van der Waals surface area contributed by atoms with Crippen molar-refractivity contribution in [3.8, 4) is 0 Å². The highest BCUT2D eigenvalue weighted by Gasteiger charge is 2.80. The maximum atomic E-state index is 13.4. The zero-order chi connectivity index (χ0) is 17.9. The molecule has 4 bridgehead atoms. The molecule has 6 rings (SSSR count). The Bertz CT molecular complexity index is 669. The van der Waals surface area contributed by atoms with Gasteiger partial charge in [-0.2, -0.15) is 0 Å². The summed E-state index contributed by atoms with van der Waals surface area (Å²) in [6.07, 6.45) is 2.97. The summed E-state index contributed by atoms with van der Waals surface area (Å²) in [5.41, 5.74) is -0.491. The van der Waals surface area contributed by atoms with Crippen molar-refractivity contribution in [3.05, 3.63) is 12.2 Å². The fourth-order valence-corrected chi connectivity index (χ4v) is 8.28. The van der Waals surface area contributed by atoms with Crippen LogP contribution in [0.25, 0.3) is 0 Å². The summed E-state index contributed by atoms with van der Waals surface area (Å²) in [5.74, 6) is -0.101. The van der Waals surface area contributed by atoms with Crippen molar-refractivity contribution < 1.29 is 19.7 Å². The van der Waals surface area contributed by atoms with Crippen molar-refractivity contribution in [2.24, 2.45) is 34.0 Å². The lowest BCUT2D eigenvalue weighted by Gasteiger charge is -2.73. The van der Waals surface area contributed by atoms with E-state index < -0.39 is 17.6 Å². The first kappa shape index (κ1) is 16.5. The Balaban J connectivity index is 1.76. The van der Waals surface area contributed by atoms with Crippen LogP contribution in [-0.4, -0.2) is 40.4 Å².